The number of pyridine rings is 6. The molecule has 126 heavy (non-hydrogen) atoms. The Kier molecular flexibility index (Phi) is 18.6. The Morgan fingerprint density at radius 1 is 0.151 bits per heavy atom. The average molecular weight is 1610 g/mol. The minimum Gasteiger partial charge on any atom is -0.309 e. The summed E-state index contributed by atoms with van der Waals surface area (Å²) in [5.41, 5.74) is 29.6. The lowest BCUT2D eigenvalue weighted by atomic mass is 10.0. The SMILES string of the molecule is c1ccc(-c2nc(-c3ccc(-c4ccc5ccc(-c6ccc7ccc(-c8ccccn8)nc7c6)cc5n4)cc3)cc(-c3ccc(-n4c5ccccc5c5ccccc54)cc3)n2)cc1.c1ccc(-c2nc(-c3ccc(-c4ccc5ccc(-c6ccc7ccc(-c8ccccn8)nc7c6)cc5n4)cc3)nc(-c3ccc(-n4c5ccccc5c5ccccc54)cc3)n2)cc1. The van der Waals surface area contributed by atoms with Crippen molar-refractivity contribution < 1.29 is 0 Å². The van der Waals surface area contributed by atoms with Crippen molar-refractivity contribution in [1.29, 1.82) is 0 Å². The van der Waals surface area contributed by atoms with E-state index in [9.17, 15) is 0 Å². The van der Waals surface area contributed by atoms with E-state index in [1.807, 2.05) is 97.1 Å². The fourth-order valence-corrected chi connectivity index (χ4v) is 17.2. The lowest BCUT2D eigenvalue weighted by Gasteiger charge is -2.12. The first-order valence-corrected chi connectivity index (χ1v) is 42.0. The second-order valence-electron chi connectivity index (χ2n) is 31.3. The van der Waals surface area contributed by atoms with E-state index in [0.29, 0.717) is 23.3 Å². The summed E-state index contributed by atoms with van der Waals surface area (Å²) in [6.07, 6.45) is 3.59. The molecule has 0 spiro atoms. The Morgan fingerprint density at radius 2 is 0.405 bits per heavy atom. The highest BCUT2D eigenvalue weighted by molar-refractivity contribution is 6.10. The fraction of sp³-hybridized carbons (Fsp3) is 0. The molecule has 0 aliphatic rings. The zero-order chi connectivity index (χ0) is 83.4. The zero-order valence-corrected chi connectivity index (χ0v) is 67.8. The van der Waals surface area contributed by atoms with E-state index in [0.717, 1.165) is 167 Å². The summed E-state index contributed by atoms with van der Waals surface area (Å²) in [6.45, 7) is 0. The maximum Gasteiger partial charge on any atom is 0.164 e. The number of nitrogens with zero attached hydrogens (tertiary/aromatic N) is 13. The number of hydrogen-bond donors (Lipinski definition) is 0. The molecule has 0 saturated carbocycles. The van der Waals surface area contributed by atoms with Crippen molar-refractivity contribution in [3.05, 3.63) is 431 Å². The molecule has 0 amide bonds. The monoisotopic (exact) mass is 1610 g/mol. The summed E-state index contributed by atoms with van der Waals surface area (Å²) in [5, 5.41) is 9.27. The van der Waals surface area contributed by atoms with Gasteiger partial charge in [0.15, 0.2) is 23.3 Å². The molecular formula is C113H71N13. The van der Waals surface area contributed by atoms with Crippen LogP contribution < -0.4 is 0 Å². The highest BCUT2D eigenvalue weighted by Gasteiger charge is 2.20. The van der Waals surface area contributed by atoms with E-state index in [4.69, 9.17) is 44.9 Å². The molecule has 0 saturated heterocycles. The van der Waals surface area contributed by atoms with Crippen molar-refractivity contribution >= 4 is 87.2 Å². The molecule has 0 radical (unpaired) electrons. The molecule has 0 fully saturated rings. The van der Waals surface area contributed by atoms with E-state index >= 15 is 0 Å². The molecule has 10 aromatic heterocycles. The molecule has 24 rings (SSSR count). The second-order valence-corrected chi connectivity index (χ2v) is 31.3. The van der Waals surface area contributed by atoms with Gasteiger partial charge in [-0.1, -0.05) is 279 Å². The third kappa shape index (κ3) is 14.1. The Labute approximate surface area is 724 Å². The van der Waals surface area contributed by atoms with Crippen molar-refractivity contribution in [2.45, 2.75) is 0 Å². The maximum absolute atomic E-state index is 5.17. The van der Waals surface area contributed by atoms with Crippen LogP contribution in [0.2, 0.25) is 0 Å². The molecule has 13 heteroatoms. The second kappa shape index (κ2) is 31.7. The standard InChI is InChI=1S/C57H36N6.C56H35N7/c1-2-10-42(11-3-1)57-61-53(36-54(62-57)41-25-29-45(30-26-41)63-55-15-6-4-12-46(55)47-13-5-7-16-56(47)63)38-19-17-37(18-20-38)48-31-27-39-21-23-43(34-51(39)59-48)44-24-22-40-28-32-50(60-52(40)35-44)49-14-8-9-33-58-49;1-2-10-39(11-3-1)54-60-55(62-56(61-54)41-25-29-44(30-26-41)63-52-15-6-4-12-45(52)46-13-5-7-16-53(46)63)40-21-17-36(18-22-40)47-31-27-37-19-23-42(34-50(37)58-47)43-24-20-38-28-32-49(59-51(38)35-43)48-14-8-9-33-57-48/h1-36H;1-35H. The largest absolute Gasteiger partial charge is 0.309 e. The van der Waals surface area contributed by atoms with Crippen LogP contribution in [0.1, 0.15) is 0 Å². The van der Waals surface area contributed by atoms with E-state index in [1.165, 1.54) is 43.6 Å². The molecule has 24 aromatic rings. The first-order valence-electron chi connectivity index (χ1n) is 42.0. The topological polar surface area (TPSA) is 152 Å². The normalized spacial score (nSPS) is 11.5. The highest BCUT2D eigenvalue weighted by Crippen LogP contribution is 2.40. The molecule has 14 aromatic carbocycles. The molecule has 10 heterocycles. The highest BCUT2D eigenvalue weighted by atomic mass is 15.0. The number of rotatable bonds is 14. The van der Waals surface area contributed by atoms with Crippen molar-refractivity contribution in [2.75, 3.05) is 0 Å². The summed E-state index contributed by atoms with van der Waals surface area (Å²) >= 11 is 0. The van der Waals surface area contributed by atoms with Gasteiger partial charge in [-0.3, -0.25) is 9.97 Å². The Balaban J connectivity index is 0.000000145. The van der Waals surface area contributed by atoms with Crippen LogP contribution in [0.15, 0.2) is 431 Å². The summed E-state index contributed by atoms with van der Waals surface area (Å²) in [6, 6.07) is 145. The molecule has 0 atom stereocenters. The predicted octanol–water partition coefficient (Wildman–Crippen LogP) is 27.5. The van der Waals surface area contributed by atoms with Gasteiger partial charge >= 0.3 is 0 Å². The average Bonchev–Trinajstić information content (AvgIpc) is 1.59. The van der Waals surface area contributed by atoms with Crippen LogP contribution in [-0.2, 0) is 0 Å². The Hall–Kier alpha value is -17.3. The van der Waals surface area contributed by atoms with Crippen LogP contribution in [0.5, 0.6) is 0 Å². The minimum absolute atomic E-state index is 0.602. The zero-order valence-electron chi connectivity index (χ0n) is 67.8. The van der Waals surface area contributed by atoms with Gasteiger partial charge in [0.25, 0.3) is 0 Å². The van der Waals surface area contributed by atoms with Crippen LogP contribution in [0, 0.1) is 0 Å². The summed E-state index contributed by atoms with van der Waals surface area (Å²) in [7, 11) is 0. The predicted molar refractivity (Wildman–Crippen MR) is 513 cm³/mol. The minimum atomic E-state index is 0.602. The van der Waals surface area contributed by atoms with Gasteiger partial charge in [-0.05, 0) is 162 Å². The van der Waals surface area contributed by atoms with E-state index in [1.54, 1.807) is 12.4 Å². The summed E-state index contributed by atoms with van der Waals surface area (Å²) in [5.74, 6) is 2.51. The van der Waals surface area contributed by atoms with Gasteiger partial charge in [-0.25, -0.2) is 44.9 Å². The number of fused-ring (bicyclic) bond motifs is 10. The van der Waals surface area contributed by atoms with Gasteiger partial charge in [0.2, 0.25) is 0 Å². The van der Waals surface area contributed by atoms with Gasteiger partial charge in [-0.2, -0.15) is 0 Å². The van der Waals surface area contributed by atoms with Crippen LogP contribution in [0.25, 0.3) is 234 Å². The molecule has 0 aliphatic carbocycles. The maximum atomic E-state index is 5.17. The van der Waals surface area contributed by atoms with Gasteiger partial charge < -0.3 is 9.13 Å². The van der Waals surface area contributed by atoms with Crippen LogP contribution in [0.4, 0.5) is 0 Å². The van der Waals surface area contributed by atoms with Crippen molar-refractivity contribution in [3.8, 4) is 147 Å². The van der Waals surface area contributed by atoms with Crippen LogP contribution >= 0.6 is 0 Å². The van der Waals surface area contributed by atoms with E-state index in [2.05, 4.69) is 341 Å². The molecule has 0 bridgehead atoms. The Morgan fingerprint density at radius 3 is 0.746 bits per heavy atom. The quantitative estimate of drug-likeness (QED) is 0.102. The molecule has 13 nitrogen and oxygen atoms in total. The lowest BCUT2D eigenvalue weighted by molar-refractivity contribution is 1.07. The third-order valence-corrected chi connectivity index (χ3v) is 23.6. The van der Waals surface area contributed by atoms with Gasteiger partial charge in [-0.15, -0.1) is 0 Å². The number of benzene rings is 14. The molecule has 0 aliphatic heterocycles. The molecular weight excluding hydrogens is 1540 g/mol. The van der Waals surface area contributed by atoms with Crippen LogP contribution in [0.3, 0.4) is 0 Å². The smallest absolute Gasteiger partial charge is 0.164 e. The van der Waals surface area contributed by atoms with Gasteiger partial charge in [0.05, 0.1) is 89.7 Å². The van der Waals surface area contributed by atoms with Gasteiger partial charge in [0.1, 0.15) is 0 Å². The number of aromatic nitrogens is 13. The summed E-state index contributed by atoms with van der Waals surface area (Å²) < 4.78 is 4.65. The van der Waals surface area contributed by atoms with Crippen molar-refractivity contribution in [2.24, 2.45) is 0 Å². The van der Waals surface area contributed by atoms with Gasteiger partial charge in [0, 0.05) is 111 Å². The molecule has 0 unspecified atom stereocenters. The van der Waals surface area contributed by atoms with Crippen molar-refractivity contribution in [1.82, 2.24) is 64.0 Å². The lowest BCUT2D eigenvalue weighted by Crippen LogP contribution is -2.00. The molecule has 588 valence electrons. The molecule has 0 N–H and O–H groups in total. The number of para-hydroxylation sites is 4. The van der Waals surface area contributed by atoms with Crippen molar-refractivity contribution in [3.63, 3.8) is 0 Å². The first kappa shape index (κ1) is 73.8. The third-order valence-electron chi connectivity index (χ3n) is 23.6. The Bertz CT molecular complexity index is 7700. The first-order chi connectivity index (χ1) is 62.4. The summed E-state index contributed by atoms with van der Waals surface area (Å²) in [4.78, 5) is 54.5. The van der Waals surface area contributed by atoms with E-state index < -0.39 is 0 Å². The number of hydrogen-bond acceptors (Lipinski definition) is 11. The van der Waals surface area contributed by atoms with Crippen LogP contribution in [-0.4, -0.2) is 64.0 Å². The fourth-order valence-electron chi connectivity index (χ4n) is 17.2. The van der Waals surface area contributed by atoms with E-state index in [-0.39, 0.29) is 0 Å².